The van der Waals surface area contributed by atoms with Crippen molar-refractivity contribution in [3.63, 3.8) is 0 Å². The molecule has 0 aliphatic carbocycles. The number of carbonyl (C=O) groups excluding carboxylic acids is 2. The van der Waals surface area contributed by atoms with Gasteiger partial charge in [-0.2, -0.15) is 43.9 Å². The molecule has 18 nitrogen and oxygen atoms in total. The summed E-state index contributed by atoms with van der Waals surface area (Å²) < 4.78 is 188. The summed E-state index contributed by atoms with van der Waals surface area (Å²) in [6.07, 6.45) is -6.25. The highest BCUT2D eigenvalue weighted by atomic mass is 32.2. The number of aromatic nitrogens is 2. The van der Waals surface area contributed by atoms with E-state index in [2.05, 4.69) is 30.1 Å². The number of amides is 2. The number of hydrogen-bond donors (Lipinski definition) is 4. The molecule has 2 aliphatic heterocycles. The summed E-state index contributed by atoms with van der Waals surface area (Å²) in [4.78, 5) is 42.9. The van der Waals surface area contributed by atoms with E-state index in [-0.39, 0.29) is 69.4 Å². The fraction of sp³-hybridized carbons (Fsp3) is 0.448. The van der Waals surface area contributed by atoms with Gasteiger partial charge in [0, 0.05) is 51.4 Å². The molecule has 4 aromatic carbocycles. The van der Waals surface area contributed by atoms with Crippen molar-refractivity contribution in [1.82, 2.24) is 30.4 Å². The summed E-state index contributed by atoms with van der Waals surface area (Å²) in [5.74, 6) is -1.22. The van der Waals surface area contributed by atoms with Gasteiger partial charge in [-0.3, -0.25) is 19.4 Å². The van der Waals surface area contributed by atoms with Gasteiger partial charge in [0.15, 0.2) is 29.9 Å². The average molecular weight is 1350 g/mol. The molecule has 6 atom stereocenters. The van der Waals surface area contributed by atoms with E-state index in [0.717, 1.165) is 46.9 Å². The monoisotopic (exact) mass is 1350 g/mol. The summed E-state index contributed by atoms with van der Waals surface area (Å²) in [6.45, 7) is 1.05. The van der Waals surface area contributed by atoms with Crippen LogP contribution in [0.3, 0.4) is 0 Å². The van der Waals surface area contributed by atoms with Gasteiger partial charge in [-0.1, -0.05) is 85.1 Å². The first-order valence-electron chi connectivity index (χ1n) is 28.0. The van der Waals surface area contributed by atoms with Gasteiger partial charge in [-0.05, 0) is 84.6 Å². The Kier molecular flexibility index (Phi) is 24.4. The van der Waals surface area contributed by atoms with Crippen LogP contribution in [-0.4, -0.2) is 161 Å². The van der Waals surface area contributed by atoms with Crippen molar-refractivity contribution >= 4 is 64.4 Å². The van der Waals surface area contributed by atoms with E-state index in [4.69, 9.17) is 0 Å². The molecule has 2 fully saturated rings. The summed E-state index contributed by atoms with van der Waals surface area (Å²) in [7, 11) is -6.83. The number of benzene rings is 4. The molecule has 2 aromatic heterocycles. The van der Waals surface area contributed by atoms with Gasteiger partial charge in [0.1, 0.15) is 9.75 Å². The van der Waals surface area contributed by atoms with E-state index in [1.165, 1.54) is 99.0 Å². The predicted molar refractivity (Wildman–Crippen MR) is 316 cm³/mol. The molecular weight excluding hydrogens is 1290 g/mol. The molecule has 0 bridgehead atoms. The van der Waals surface area contributed by atoms with Crippen LogP contribution in [0, 0.1) is 0 Å². The summed E-state index contributed by atoms with van der Waals surface area (Å²) in [5.41, 5.74) is 0.735. The third kappa shape index (κ3) is 18.4. The number of anilines is 2. The standard InChI is InChI=1S/2C29H33F5N4O5S2/c2*1-3-45(41,42)23-10-6-20(7-11-23)24(16-39)36-26(40)25-14-35-28(44-25)38-13-12-37(15-22(38)17-43-27(30)31)18(2)19-4-8-21(9-5-19)29(32,33)34/h2*4-11,14,18,22,24,27,39H,3,12-13,15-17H2,1-2H3,(H,36,40)/t18-,22?,24+;18-,22?,24-/m10/s1. The van der Waals surface area contributed by atoms with Crippen molar-refractivity contribution in [1.29, 1.82) is 0 Å². The molecule has 32 heteroatoms. The second kappa shape index (κ2) is 30.8. The number of aliphatic hydroxyl groups excluding tert-OH is 2. The van der Waals surface area contributed by atoms with Crippen molar-refractivity contribution in [3.8, 4) is 0 Å². The van der Waals surface area contributed by atoms with E-state index in [0.29, 0.717) is 58.7 Å². The molecule has 2 saturated heterocycles. The lowest BCUT2D eigenvalue weighted by atomic mass is 10.0. The van der Waals surface area contributed by atoms with Crippen LogP contribution < -0.4 is 20.4 Å². The zero-order valence-corrected chi connectivity index (χ0v) is 52.0. The Labute approximate surface area is 521 Å². The maximum absolute atomic E-state index is 13.1. The van der Waals surface area contributed by atoms with Crippen molar-refractivity contribution in [2.45, 2.75) is 99.3 Å². The quantitative estimate of drug-likeness (QED) is 0.0414. The molecule has 2 unspecified atom stereocenters. The van der Waals surface area contributed by atoms with Crippen LogP contribution in [0.5, 0.6) is 0 Å². The normalized spacial score (nSPS) is 17.8. The lowest BCUT2D eigenvalue weighted by molar-refractivity contribution is -0.138. The van der Waals surface area contributed by atoms with Crippen molar-refractivity contribution in [2.75, 3.05) is 87.0 Å². The van der Waals surface area contributed by atoms with Crippen LogP contribution in [0.4, 0.5) is 54.2 Å². The van der Waals surface area contributed by atoms with Crippen LogP contribution >= 0.6 is 22.7 Å². The van der Waals surface area contributed by atoms with Crippen LogP contribution in [0.15, 0.2) is 119 Å². The summed E-state index contributed by atoms with van der Waals surface area (Å²) in [5, 5.41) is 26.0. The maximum Gasteiger partial charge on any atom is 0.416 e. The Morgan fingerprint density at radius 1 is 0.556 bits per heavy atom. The third-order valence-corrected chi connectivity index (χ3v) is 20.9. The Bertz CT molecular complexity index is 3300. The fourth-order valence-electron chi connectivity index (χ4n) is 10.0. The van der Waals surface area contributed by atoms with Gasteiger partial charge in [0.2, 0.25) is 0 Å². The molecule has 6 aromatic rings. The zero-order valence-electron chi connectivity index (χ0n) is 48.8. The topological polar surface area (TPSA) is 224 Å². The fourth-order valence-corrected chi connectivity index (χ4v) is 13.6. The van der Waals surface area contributed by atoms with Gasteiger partial charge in [-0.25, -0.2) is 26.8 Å². The number of sulfone groups is 2. The van der Waals surface area contributed by atoms with Gasteiger partial charge in [0.25, 0.3) is 11.8 Å². The minimum Gasteiger partial charge on any atom is -0.394 e. The highest BCUT2D eigenvalue weighted by molar-refractivity contribution is 7.91. The number of carbonyl (C=O) groups is 2. The highest BCUT2D eigenvalue weighted by Crippen LogP contribution is 2.36. The lowest BCUT2D eigenvalue weighted by Crippen LogP contribution is -2.55. The van der Waals surface area contributed by atoms with Gasteiger partial charge in [-0.15, -0.1) is 0 Å². The van der Waals surface area contributed by atoms with Crippen LogP contribution in [0.1, 0.15) is 105 Å². The zero-order chi connectivity index (χ0) is 65.9. The predicted octanol–water partition coefficient (Wildman–Crippen LogP) is 9.82. The number of hydrogen-bond acceptors (Lipinski definition) is 18. The number of alkyl halides is 10. The number of halogens is 10. The lowest BCUT2D eigenvalue weighted by Gasteiger charge is -2.43. The maximum atomic E-state index is 13.1. The van der Waals surface area contributed by atoms with Crippen LogP contribution in [0.2, 0.25) is 0 Å². The van der Waals surface area contributed by atoms with Crippen molar-refractivity contribution in [3.05, 3.63) is 153 Å². The Hall–Kier alpha value is -6.36. The molecule has 0 radical (unpaired) electrons. The Balaban J connectivity index is 0.000000256. The number of thiazole rings is 2. The molecule has 4 heterocycles. The van der Waals surface area contributed by atoms with Crippen LogP contribution in [-0.2, 0) is 41.5 Å². The first kappa shape index (κ1) is 71.1. The molecule has 8 rings (SSSR count). The third-order valence-electron chi connectivity index (χ3n) is 15.3. The smallest absolute Gasteiger partial charge is 0.394 e. The van der Waals surface area contributed by atoms with Gasteiger partial charge >= 0.3 is 25.6 Å². The molecule has 0 spiro atoms. The first-order chi connectivity index (χ1) is 42.5. The highest BCUT2D eigenvalue weighted by Gasteiger charge is 2.37. The average Bonchev–Trinajstić information content (AvgIpc) is 1.55. The number of nitrogens with zero attached hydrogens (tertiary/aromatic N) is 6. The van der Waals surface area contributed by atoms with E-state index in [9.17, 15) is 80.5 Å². The number of piperazine rings is 2. The molecule has 2 aliphatic rings. The molecule has 4 N–H and O–H groups in total. The second-order valence-electron chi connectivity index (χ2n) is 20.8. The van der Waals surface area contributed by atoms with Crippen molar-refractivity contribution < 1.29 is 90.0 Å². The van der Waals surface area contributed by atoms with Crippen LogP contribution in [0.25, 0.3) is 0 Å². The molecule has 492 valence electrons. The minimum atomic E-state index is -4.46. The molecular formula is C58H66F10N8O10S4. The first-order valence-corrected chi connectivity index (χ1v) is 33.0. The van der Waals surface area contributed by atoms with E-state index in [1.807, 2.05) is 23.6 Å². The number of aliphatic hydroxyl groups is 2. The number of nitrogens with one attached hydrogen (secondary N) is 2. The largest absolute Gasteiger partial charge is 0.416 e. The molecule has 0 saturated carbocycles. The minimum absolute atomic E-state index is 0.0669. The molecule has 2 amide bonds. The van der Waals surface area contributed by atoms with E-state index in [1.54, 1.807) is 9.80 Å². The van der Waals surface area contributed by atoms with Gasteiger partial charge < -0.3 is 40.1 Å². The number of ether oxygens (including phenoxy) is 2. The Morgan fingerprint density at radius 3 is 1.17 bits per heavy atom. The number of rotatable bonds is 24. The van der Waals surface area contributed by atoms with Crippen molar-refractivity contribution in [2.24, 2.45) is 0 Å². The second-order valence-corrected chi connectivity index (χ2v) is 27.4. The van der Waals surface area contributed by atoms with E-state index >= 15 is 0 Å². The molecule has 90 heavy (non-hydrogen) atoms. The van der Waals surface area contributed by atoms with Gasteiger partial charge in [0.05, 0.1) is 95.4 Å². The van der Waals surface area contributed by atoms with E-state index < -0.39 is 106 Å². The Morgan fingerprint density at radius 2 is 0.878 bits per heavy atom. The SMILES string of the molecule is CCS(=O)(=O)c1ccc([C@H](CO)NC(=O)c2cnc(N3CCN([C@@H](C)c4ccc(C(F)(F)F)cc4)CC3COC(F)F)s2)cc1.CCS(=O)(=O)c1ccc([C@H](CO)NC(=O)c2cnc(N3CCN([C@H](C)c4ccc(C(F)(F)F)cc4)CC3COC(F)F)s2)cc1. The summed E-state index contributed by atoms with van der Waals surface area (Å²) in [6, 6.07) is 17.8. The summed E-state index contributed by atoms with van der Waals surface area (Å²) >= 11 is 2.05.